The first kappa shape index (κ1) is 12.9. The molecule has 1 aromatic heterocycles. The van der Waals surface area contributed by atoms with Gasteiger partial charge in [-0.2, -0.15) is 9.97 Å². The summed E-state index contributed by atoms with van der Waals surface area (Å²) in [6.45, 7) is 0. The number of nitrogens with one attached hydrogen (secondary N) is 2. The fourth-order valence-corrected chi connectivity index (χ4v) is 1.91. The Morgan fingerprint density at radius 3 is 2.67 bits per heavy atom. The van der Waals surface area contributed by atoms with Crippen molar-refractivity contribution in [3.05, 3.63) is 33.8 Å². The zero-order chi connectivity index (χ0) is 13.1. The Balaban J connectivity index is 2.33. The summed E-state index contributed by atoms with van der Waals surface area (Å²) in [5.41, 5.74) is 6.42. The van der Waals surface area contributed by atoms with E-state index in [1.165, 1.54) is 0 Å². The van der Waals surface area contributed by atoms with Crippen LogP contribution in [0.15, 0.2) is 28.7 Å². The number of rotatable bonds is 3. The third-order valence-electron chi connectivity index (χ3n) is 2.19. The molecule has 0 unspecified atom stereocenters. The molecule has 2 rings (SSSR count). The van der Waals surface area contributed by atoms with Crippen molar-refractivity contribution in [2.45, 2.75) is 0 Å². The van der Waals surface area contributed by atoms with Gasteiger partial charge in [0.25, 0.3) is 0 Å². The topological polar surface area (TPSA) is 75.9 Å². The summed E-state index contributed by atoms with van der Waals surface area (Å²) >= 11 is 9.37. The van der Waals surface area contributed by atoms with Crippen molar-refractivity contribution in [3.63, 3.8) is 0 Å². The number of benzene rings is 1. The molecule has 0 aliphatic heterocycles. The van der Waals surface area contributed by atoms with Crippen molar-refractivity contribution in [2.75, 3.05) is 23.4 Å². The second kappa shape index (κ2) is 5.41. The lowest BCUT2D eigenvalue weighted by Crippen LogP contribution is -2.03. The molecule has 0 bridgehead atoms. The minimum atomic E-state index is 0.197. The van der Waals surface area contributed by atoms with Gasteiger partial charge in [-0.25, -0.2) is 0 Å². The van der Waals surface area contributed by atoms with Crippen molar-refractivity contribution in [1.29, 1.82) is 0 Å². The summed E-state index contributed by atoms with van der Waals surface area (Å²) in [6.07, 6.45) is 0. The van der Waals surface area contributed by atoms with Crippen LogP contribution in [-0.2, 0) is 0 Å². The number of halogens is 2. The summed E-state index contributed by atoms with van der Waals surface area (Å²) in [6, 6.07) is 7.20. The van der Waals surface area contributed by atoms with Gasteiger partial charge in [0.05, 0.1) is 5.69 Å². The van der Waals surface area contributed by atoms with Gasteiger partial charge in [0.15, 0.2) is 0 Å². The van der Waals surface area contributed by atoms with Crippen LogP contribution in [0.1, 0.15) is 0 Å². The molecule has 2 aromatic rings. The molecule has 5 nitrogen and oxygen atoms in total. The Morgan fingerprint density at radius 1 is 1.22 bits per heavy atom. The van der Waals surface area contributed by atoms with E-state index < -0.39 is 0 Å². The molecule has 1 aromatic carbocycles. The van der Waals surface area contributed by atoms with Crippen LogP contribution in [0.4, 0.5) is 23.3 Å². The van der Waals surface area contributed by atoms with E-state index in [1.54, 1.807) is 25.2 Å². The number of anilines is 4. The minimum Gasteiger partial charge on any atom is -0.373 e. The predicted octanol–water partition coefficient (Wildman–Crippen LogP) is 3.26. The van der Waals surface area contributed by atoms with Crippen LogP contribution in [0.2, 0.25) is 5.02 Å². The SMILES string of the molecule is CNc1cc(Nc2cc(Cl)ccc2Br)nc(N)n1. The second-order valence-electron chi connectivity index (χ2n) is 3.50. The number of hydrogen-bond acceptors (Lipinski definition) is 5. The average molecular weight is 329 g/mol. The zero-order valence-electron chi connectivity index (χ0n) is 9.54. The average Bonchev–Trinajstić information content (AvgIpc) is 2.33. The van der Waals surface area contributed by atoms with Crippen molar-refractivity contribution >= 4 is 50.8 Å². The number of aromatic nitrogens is 2. The smallest absolute Gasteiger partial charge is 0.223 e. The van der Waals surface area contributed by atoms with Crippen molar-refractivity contribution in [1.82, 2.24) is 9.97 Å². The van der Waals surface area contributed by atoms with Crippen molar-refractivity contribution < 1.29 is 0 Å². The molecule has 0 spiro atoms. The van der Waals surface area contributed by atoms with Crippen molar-refractivity contribution in [3.8, 4) is 0 Å². The fraction of sp³-hybridized carbons (Fsp3) is 0.0909. The highest BCUT2D eigenvalue weighted by atomic mass is 79.9. The van der Waals surface area contributed by atoms with Gasteiger partial charge in [-0.3, -0.25) is 0 Å². The van der Waals surface area contributed by atoms with Crippen molar-refractivity contribution in [2.24, 2.45) is 0 Å². The molecule has 1 heterocycles. The van der Waals surface area contributed by atoms with Gasteiger partial charge in [0, 0.05) is 22.6 Å². The van der Waals surface area contributed by atoms with Crippen LogP contribution in [0, 0.1) is 0 Å². The van der Waals surface area contributed by atoms with Crippen LogP contribution >= 0.6 is 27.5 Å². The van der Waals surface area contributed by atoms with Crippen LogP contribution < -0.4 is 16.4 Å². The van der Waals surface area contributed by atoms with E-state index in [4.69, 9.17) is 17.3 Å². The van der Waals surface area contributed by atoms with Gasteiger partial charge in [-0.1, -0.05) is 11.6 Å². The highest BCUT2D eigenvalue weighted by Crippen LogP contribution is 2.28. The number of hydrogen-bond donors (Lipinski definition) is 3. The molecule has 0 aliphatic rings. The maximum Gasteiger partial charge on any atom is 0.223 e. The standard InChI is InChI=1S/C11H11BrClN5/c1-15-9-5-10(18-11(14)17-9)16-8-4-6(13)2-3-7(8)12/h2-5H,1H3,(H4,14,15,16,17,18). The van der Waals surface area contributed by atoms with Gasteiger partial charge in [0.1, 0.15) is 11.6 Å². The Labute approximate surface area is 118 Å². The van der Waals surface area contributed by atoms with Gasteiger partial charge in [0.2, 0.25) is 5.95 Å². The van der Waals surface area contributed by atoms with E-state index in [-0.39, 0.29) is 5.95 Å². The number of nitrogens with two attached hydrogens (primary N) is 1. The number of nitrogens with zero attached hydrogens (tertiary/aromatic N) is 2. The first-order valence-corrected chi connectivity index (χ1v) is 6.30. The molecule has 0 saturated carbocycles. The third-order valence-corrected chi connectivity index (χ3v) is 3.12. The monoisotopic (exact) mass is 327 g/mol. The lowest BCUT2D eigenvalue weighted by Gasteiger charge is -2.10. The molecule has 7 heteroatoms. The molecule has 0 amide bonds. The molecular weight excluding hydrogens is 318 g/mol. The molecule has 0 fully saturated rings. The first-order chi connectivity index (χ1) is 8.58. The fourth-order valence-electron chi connectivity index (χ4n) is 1.39. The normalized spacial score (nSPS) is 10.2. The van der Waals surface area contributed by atoms with Gasteiger partial charge < -0.3 is 16.4 Å². The van der Waals surface area contributed by atoms with Crippen LogP contribution in [0.3, 0.4) is 0 Å². The molecule has 0 radical (unpaired) electrons. The van der Waals surface area contributed by atoms with Crippen LogP contribution in [-0.4, -0.2) is 17.0 Å². The summed E-state index contributed by atoms with van der Waals surface area (Å²) in [5.74, 6) is 1.43. The Kier molecular flexibility index (Phi) is 3.88. The Morgan fingerprint density at radius 2 is 1.94 bits per heavy atom. The molecule has 0 saturated heterocycles. The quantitative estimate of drug-likeness (QED) is 0.806. The highest BCUT2D eigenvalue weighted by Gasteiger charge is 2.05. The van der Waals surface area contributed by atoms with E-state index in [0.29, 0.717) is 16.7 Å². The maximum absolute atomic E-state index is 5.94. The summed E-state index contributed by atoms with van der Waals surface area (Å²) in [5, 5.41) is 6.67. The maximum atomic E-state index is 5.94. The highest BCUT2D eigenvalue weighted by molar-refractivity contribution is 9.10. The van der Waals surface area contributed by atoms with E-state index >= 15 is 0 Å². The summed E-state index contributed by atoms with van der Waals surface area (Å²) in [4.78, 5) is 8.11. The van der Waals surface area contributed by atoms with Gasteiger partial charge in [-0.05, 0) is 34.1 Å². The largest absolute Gasteiger partial charge is 0.373 e. The van der Waals surface area contributed by atoms with E-state index in [2.05, 4.69) is 36.5 Å². The summed E-state index contributed by atoms with van der Waals surface area (Å²) < 4.78 is 0.884. The van der Waals surface area contributed by atoms with E-state index in [0.717, 1.165) is 10.2 Å². The van der Waals surface area contributed by atoms with Gasteiger partial charge >= 0.3 is 0 Å². The van der Waals surface area contributed by atoms with Crippen LogP contribution in [0.25, 0.3) is 0 Å². The molecule has 0 atom stereocenters. The Hall–Kier alpha value is -1.53. The molecule has 94 valence electrons. The van der Waals surface area contributed by atoms with Gasteiger partial charge in [-0.15, -0.1) is 0 Å². The predicted molar refractivity (Wildman–Crippen MR) is 78.4 cm³/mol. The lowest BCUT2D eigenvalue weighted by atomic mass is 10.3. The Bertz CT molecular complexity index is 575. The molecule has 0 aliphatic carbocycles. The zero-order valence-corrected chi connectivity index (χ0v) is 11.9. The van der Waals surface area contributed by atoms with Crippen LogP contribution in [0.5, 0.6) is 0 Å². The number of nitrogen functional groups attached to an aromatic ring is 1. The second-order valence-corrected chi connectivity index (χ2v) is 4.79. The van der Waals surface area contributed by atoms with E-state index in [1.807, 2.05) is 6.07 Å². The lowest BCUT2D eigenvalue weighted by molar-refractivity contribution is 1.17. The molecule has 18 heavy (non-hydrogen) atoms. The molecule has 4 N–H and O–H groups in total. The third kappa shape index (κ3) is 3.02. The summed E-state index contributed by atoms with van der Waals surface area (Å²) in [7, 11) is 1.76. The minimum absolute atomic E-state index is 0.197. The first-order valence-electron chi connectivity index (χ1n) is 5.13. The molecular formula is C11H11BrClN5. The van der Waals surface area contributed by atoms with E-state index in [9.17, 15) is 0 Å².